The Kier molecular flexibility index (Phi) is 4.13. The Labute approximate surface area is 121 Å². The van der Waals surface area contributed by atoms with Crippen LogP contribution in [0.1, 0.15) is 23.3 Å². The van der Waals surface area contributed by atoms with Crippen LogP contribution in [-0.4, -0.2) is 18.8 Å². The normalized spacial score (nSPS) is 26.1. The summed E-state index contributed by atoms with van der Waals surface area (Å²) in [4.78, 5) is 0. The Bertz CT molecular complexity index is 499. The highest BCUT2D eigenvalue weighted by molar-refractivity contribution is 7.44. The first-order valence-electron chi connectivity index (χ1n) is 6.66. The van der Waals surface area contributed by atoms with Crippen molar-refractivity contribution >= 4 is 8.53 Å². The average Bonchev–Trinajstić information content (AvgIpc) is 2.94. The molecule has 0 aromatic heterocycles. The van der Waals surface area contributed by atoms with Gasteiger partial charge in [-0.1, -0.05) is 60.7 Å². The van der Waals surface area contributed by atoms with Crippen molar-refractivity contribution in [3.8, 4) is 0 Å². The van der Waals surface area contributed by atoms with E-state index in [0.717, 1.165) is 11.1 Å². The van der Waals surface area contributed by atoms with Gasteiger partial charge in [0.25, 0.3) is 8.53 Å². The van der Waals surface area contributed by atoms with Gasteiger partial charge in [-0.05, 0) is 25.2 Å². The van der Waals surface area contributed by atoms with E-state index in [4.69, 9.17) is 9.05 Å². The standard InChI is InChI=1S/C16H18NO2P/c1-17(2)20-18-15(13-9-5-3-6-10-13)16(19-20)14-11-7-4-8-12-14/h3-12,15-16H,1-2H3/t15-,16+,20?. The molecule has 0 N–H and O–H groups in total. The first kappa shape index (κ1) is 13.7. The van der Waals surface area contributed by atoms with Gasteiger partial charge in [-0.3, -0.25) is 0 Å². The fourth-order valence-corrected chi connectivity index (χ4v) is 3.55. The van der Waals surface area contributed by atoms with Crippen molar-refractivity contribution < 1.29 is 9.05 Å². The van der Waals surface area contributed by atoms with Crippen LogP contribution in [0.15, 0.2) is 60.7 Å². The highest BCUT2D eigenvalue weighted by Gasteiger charge is 2.40. The monoisotopic (exact) mass is 287 g/mol. The molecule has 1 aliphatic heterocycles. The van der Waals surface area contributed by atoms with E-state index in [1.807, 2.05) is 55.2 Å². The molecule has 0 bridgehead atoms. The zero-order valence-electron chi connectivity index (χ0n) is 11.6. The van der Waals surface area contributed by atoms with Gasteiger partial charge in [0.05, 0.1) is 0 Å². The lowest BCUT2D eigenvalue weighted by Gasteiger charge is -2.16. The molecule has 1 saturated heterocycles. The molecule has 104 valence electrons. The van der Waals surface area contributed by atoms with E-state index in [1.165, 1.54) is 0 Å². The Morgan fingerprint density at radius 1 is 0.750 bits per heavy atom. The molecule has 0 radical (unpaired) electrons. The van der Waals surface area contributed by atoms with Gasteiger partial charge in [0.15, 0.2) is 0 Å². The van der Waals surface area contributed by atoms with Crippen molar-refractivity contribution in [1.82, 2.24) is 4.67 Å². The van der Waals surface area contributed by atoms with Crippen molar-refractivity contribution in [2.75, 3.05) is 14.1 Å². The molecule has 3 nitrogen and oxygen atoms in total. The quantitative estimate of drug-likeness (QED) is 0.785. The maximum atomic E-state index is 6.14. The Hall–Kier alpha value is -1.25. The number of hydrogen-bond donors (Lipinski definition) is 0. The van der Waals surface area contributed by atoms with Crippen LogP contribution in [0, 0.1) is 0 Å². The molecule has 0 aliphatic carbocycles. The molecule has 1 heterocycles. The molecule has 1 fully saturated rings. The van der Waals surface area contributed by atoms with Crippen LogP contribution in [-0.2, 0) is 9.05 Å². The molecule has 20 heavy (non-hydrogen) atoms. The minimum absolute atomic E-state index is 0.0490. The van der Waals surface area contributed by atoms with Gasteiger partial charge in [-0.2, -0.15) is 0 Å². The predicted octanol–water partition coefficient (Wildman–Crippen LogP) is 4.30. The van der Waals surface area contributed by atoms with Gasteiger partial charge in [0.2, 0.25) is 0 Å². The van der Waals surface area contributed by atoms with Gasteiger partial charge in [-0.25, -0.2) is 4.67 Å². The van der Waals surface area contributed by atoms with Crippen LogP contribution in [0.25, 0.3) is 0 Å². The van der Waals surface area contributed by atoms with Gasteiger partial charge in [-0.15, -0.1) is 0 Å². The van der Waals surface area contributed by atoms with E-state index in [-0.39, 0.29) is 12.2 Å². The first-order valence-corrected chi connectivity index (χ1v) is 7.79. The van der Waals surface area contributed by atoms with Gasteiger partial charge >= 0.3 is 0 Å². The van der Waals surface area contributed by atoms with Crippen LogP contribution in [0.5, 0.6) is 0 Å². The summed E-state index contributed by atoms with van der Waals surface area (Å²) in [6, 6.07) is 20.6. The Morgan fingerprint density at radius 3 is 1.50 bits per heavy atom. The molecule has 1 aliphatic rings. The van der Waals surface area contributed by atoms with E-state index >= 15 is 0 Å². The summed E-state index contributed by atoms with van der Waals surface area (Å²) in [6.45, 7) is 0. The highest BCUT2D eigenvalue weighted by Crippen LogP contribution is 2.60. The minimum atomic E-state index is -0.997. The summed E-state index contributed by atoms with van der Waals surface area (Å²) in [7, 11) is 2.98. The van der Waals surface area contributed by atoms with Gasteiger partial charge in [0, 0.05) is 0 Å². The summed E-state index contributed by atoms with van der Waals surface area (Å²) < 4.78 is 14.3. The zero-order valence-corrected chi connectivity index (χ0v) is 12.5. The highest BCUT2D eigenvalue weighted by atomic mass is 31.2. The fourth-order valence-electron chi connectivity index (χ4n) is 2.27. The molecule has 0 saturated carbocycles. The lowest BCUT2D eigenvalue weighted by molar-refractivity contribution is 0.159. The molecule has 2 aromatic rings. The maximum Gasteiger partial charge on any atom is 0.259 e. The lowest BCUT2D eigenvalue weighted by atomic mass is 9.99. The van der Waals surface area contributed by atoms with Gasteiger partial charge in [0.1, 0.15) is 12.2 Å². The molecule has 2 aromatic carbocycles. The van der Waals surface area contributed by atoms with Crippen LogP contribution >= 0.6 is 8.53 Å². The lowest BCUT2D eigenvalue weighted by Crippen LogP contribution is -2.06. The molecular formula is C16H18NO2P. The van der Waals surface area contributed by atoms with E-state index in [2.05, 4.69) is 24.3 Å². The van der Waals surface area contributed by atoms with Crippen LogP contribution in [0.4, 0.5) is 0 Å². The molecule has 4 heteroatoms. The van der Waals surface area contributed by atoms with Crippen molar-refractivity contribution in [1.29, 1.82) is 0 Å². The average molecular weight is 287 g/mol. The summed E-state index contributed by atoms with van der Waals surface area (Å²) in [6.07, 6.45) is -0.0979. The predicted molar refractivity (Wildman–Crippen MR) is 81.1 cm³/mol. The number of hydrogen-bond acceptors (Lipinski definition) is 3. The topological polar surface area (TPSA) is 21.7 Å². The molecule has 3 rings (SSSR count). The summed E-state index contributed by atoms with van der Waals surface area (Å²) in [5.74, 6) is 0. The summed E-state index contributed by atoms with van der Waals surface area (Å²) in [5.41, 5.74) is 2.32. The summed E-state index contributed by atoms with van der Waals surface area (Å²) in [5, 5.41) is 0. The molecule has 0 amide bonds. The second-order valence-corrected chi connectivity index (χ2v) is 6.66. The summed E-state index contributed by atoms with van der Waals surface area (Å²) >= 11 is 0. The second-order valence-electron chi connectivity index (χ2n) is 4.96. The molecule has 3 atom stereocenters. The maximum absolute atomic E-state index is 6.14. The molecular weight excluding hydrogens is 269 g/mol. The van der Waals surface area contributed by atoms with Crippen molar-refractivity contribution in [2.24, 2.45) is 0 Å². The van der Waals surface area contributed by atoms with Crippen LogP contribution < -0.4 is 0 Å². The Balaban J connectivity index is 1.93. The number of nitrogens with zero attached hydrogens (tertiary/aromatic N) is 1. The van der Waals surface area contributed by atoms with E-state index < -0.39 is 8.53 Å². The van der Waals surface area contributed by atoms with E-state index in [1.54, 1.807) is 0 Å². The second kappa shape index (κ2) is 6.02. The SMILES string of the molecule is CN(C)P1O[C@H](c2ccccc2)[C@H](c2ccccc2)O1. The van der Waals surface area contributed by atoms with Crippen LogP contribution in [0.3, 0.4) is 0 Å². The third kappa shape index (κ3) is 2.77. The molecule has 1 unspecified atom stereocenters. The zero-order chi connectivity index (χ0) is 13.9. The smallest absolute Gasteiger partial charge is 0.259 e. The third-order valence-electron chi connectivity index (χ3n) is 3.27. The number of benzene rings is 2. The Morgan fingerprint density at radius 2 is 1.15 bits per heavy atom. The third-order valence-corrected chi connectivity index (χ3v) is 4.73. The fraction of sp³-hybridized carbons (Fsp3) is 0.250. The van der Waals surface area contributed by atoms with Crippen molar-refractivity contribution in [2.45, 2.75) is 12.2 Å². The largest absolute Gasteiger partial charge is 0.311 e. The minimum Gasteiger partial charge on any atom is -0.311 e. The van der Waals surface area contributed by atoms with E-state index in [9.17, 15) is 0 Å². The molecule has 0 spiro atoms. The van der Waals surface area contributed by atoms with Crippen molar-refractivity contribution in [3.63, 3.8) is 0 Å². The first-order chi connectivity index (χ1) is 9.75. The number of rotatable bonds is 3. The van der Waals surface area contributed by atoms with E-state index in [0.29, 0.717) is 0 Å². The van der Waals surface area contributed by atoms with Gasteiger partial charge < -0.3 is 9.05 Å². The van der Waals surface area contributed by atoms with Crippen LogP contribution in [0.2, 0.25) is 0 Å². The van der Waals surface area contributed by atoms with Crippen molar-refractivity contribution in [3.05, 3.63) is 71.8 Å².